The molecule has 0 atom stereocenters. The van der Waals surface area contributed by atoms with Gasteiger partial charge in [0.05, 0.1) is 6.61 Å². The number of esters is 1. The van der Waals surface area contributed by atoms with Crippen molar-refractivity contribution in [2.45, 2.75) is 57.5 Å². The number of likely N-dealkylation sites (tertiary alicyclic amines) is 1. The Morgan fingerprint density at radius 1 is 1.32 bits per heavy atom. The Labute approximate surface area is 152 Å². The number of carbonyl (C=O) groups is 1. The smallest absolute Gasteiger partial charge is 0.306 e. The number of rotatable bonds is 4. The van der Waals surface area contributed by atoms with Crippen LogP contribution in [0.25, 0.3) is 0 Å². The number of hydrogen-bond acceptors (Lipinski definition) is 4. The van der Waals surface area contributed by atoms with Gasteiger partial charge in [-0.3, -0.25) is 4.79 Å². The molecule has 5 heteroatoms. The first-order chi connectivity index (χ1) is 11.8. The van der Waals surface area contributed by atoms with Gasteiger partial charge in [0, 0.05) is 17.4 Å². The normalized spacial score (nSPS) is 19.5. The zero-order chi connectivity index (χ0) is 18.1. The van der Waals surface area contributed by atoms with E-state index in [-0.39, 0.29) is 17.0 Å². The molecule has 0 amide bonds. The Hall–Kier alpha value is -1.49. The lowest BCUT2D eigenvalue weighted by Gasteiger charge is -2.38. The molecule has 136 valence electrons. The Kier molecular flexibility index (Phi) is 5.15. The fourth-order valence-electron chi connectivity index (χ4n) is 3.94. The number of benzene rings is 1. The van der Waals surface area contributed by atoms with Crippen LogP contribution in [0.1, 0.15) is 52.0 Å². The van der Waals surface area contributed by atoms with Gasteiger partial charge >= 0.3 is 5.97 Å². The van der Waals surface area contributed by atoms with Crippen molar-refractivity contribution in [3.63, 3.8) is 0 Å². The van der Waals surface area contributed by atoms with Crippen LogP contribution in [0.15, 0.2) is 18.2 Å². The number of nitrogens with zero attached hydrogens (tertiary/aromatic N) is 1. The topological polar surface area (TPSA) is 38.8 Å². The van der Waals surface area contributed by atoms with Crippen LogP contribution in [0.2, 0.25) is 0 Å². The minimum absolute atomic E-state index is 0.0885. The highest BCUT2D eigenvalue weighted by molar-refractivity contribution is 6.32. The van der Waals surface area contributed by atoms with E-state index in [1.165, 1.54) is 11.0 Å². The van der Waals surface area contributed by atoms with Crippen LogP contribution in [-0.2, 0) is 14.9 Å². The molecule has 1 aromatic rings. The summed E-state index contributed by atoms with van der Waals surface area (Å²) in [5.74, 6) is 0.993. The molecule has 0 N–H and O–H groups in total. The predicted octanol–water partition coefficient (Wildman–Crippen LogP) is 1.79. The molecule has 2 heterocycles. The maximum atomic E-state index is 11.8. The molecule has 1 aromatic carbocycles. The van der Waals surface area contributed by atoms with Gasteiger partial charge in [-0.15, -0.1) is 0 Å². The zero-order valence-electron chi connectivity index (χ0n) is 16.1. The molecule has 1 spiro atoms. The lowest BCUT2D eigenvalue weighted by Crippen LogP contribution is -2.44. The molecule has 0 radical (unpaired) electrons. The van der Waals surface area contributed by atoms with Crippen LogP contribution in [0, 0.1) is 0 Å². The highest BCUT2D eigenvalue weighted by atomic mass is 16.6. The molecule has 1 saturated heterocycles. The van der Waals surface area contributed by atoms with Gasteiger partial charge in [-0.2, -0.15) is 0 Å². The van der Waals surface area contributed by atoms with E-state index in [4.69, 9.17) is 9.47 Å². The Morgan fingerprint density at radius 3 is 2.72 bits per heavy atom. The van der Waals surface area contributed by atoms with Crippen LogP contribution in [0.5, 0.6) is 5.75 Å². The van der Waals surface area contributed by atoms with Gasteiger partial charge in [-0.1, -0.05) is 17.6 Å². The summed E-state index contributed by atoms with van der Waals surface area (Å²) in [6, 6.07) is 6.62. The molecule has 3 rings (SSSR count). The molecule has 4 nitrogen and oxygen atoms in total. The molecule has 0 aromatic heterocycles. The summed E-state index contributed by atoms with van der Waals surface area (Å²) < 4.78 is 11.4. The number of hydrogen-bond donors (Lipinski definition) is 0. The van der Waals surface area contributed by atoms with E-state index in [1.54, 1.807) is 0 Å². The quantitative estimate of drug-likeness (QED) is 0.617. The second-order valence-corrected chi connectivity index (χ2v) is 8.60. The van der Waals surface area contributed by atoms with Gasteiger partial charge in [-0.05, 0) is 65.7 Å². The third-order valence-corrected chi connectivity index (χ3v) is 5.30. The van der Waals surface area contributed by atoms with Crippen LogP contribution >= 0.6 is 0 Å². The predicted molar refractivity (Wildman–Crippen MR) is 103 cm³/mol. The number of piperidine rings is 1. The Bertz CT molecular complexity index is 630. The molecule has 1 fully saturated rings. The summed E-state index contributed by atoms with van der Waals surface area (Å²) in [6.07, 6.45) is 3.64. The SMILES string of the molecule is Bc1ccc2c(c1)OCC21CCN(CCCC(=O)OC(C)(C)C)CC1. The number of fused-ring (bicyclic) bond motifs is 2. The minimum Gasteiger partial charge on any atom is -0.492 e. The summed E-state index contributed by atoms with van der Waals surface area (Å²) in [7, 11) is 2.11. The number of ether oxygens (including phenoxy) is 2. The second kappa shape index (κ2) is 7.03. The molecule has 0 bridgehead atoms. The maximum Gasteiger partial charge on any atom is 0.306 e. The molecule has 0 aliphatic carbocycles. The summed E-state index contributed by atoms with van der Waals surface area (Å²) in [6.45, 7) is 9.68. The van der Waals surface area contributed by atoms with Crippen molar-refractivity contribution < 1.29 is 14.3 Å². The summed E-state index contributed by atoms with van der Waals surface area (Å²) >= 11 is 0. The first kappa shape index (κ1) is 18.3. The standard InChI is InChI=1S/C20H30BNO3/c1-19(2,3)25-18(23)5-4-10-22-11-8-20(9-12-22)14-24-17-13-15(21)6-7-16(17)20/h6-7,13H,4-5,8-12,14,21H2,1-3H3. The van der Waals surface area contributed by atoms with Gasteiger partial charge < -0.3 is 14.4 Å². The summed E-state index contributed by atoms with van der Waals surface area (Å²) in [5.41, 5.74) is 2.47. The van der Waals surface area contributed by atoms with E-state index in [2.05, 4.69) is 30.9 Å². The van der Waals surface area contributed by atoms with Crippen LogP contribution in [0.3, 0.4) is 0 Å². The maximum absolute atomic E-state index is 11.8. The first-order valence-corrected chi connectivity index (χ1v) is 9.46. The molecule has 25 heavy (non-hydrogen) atoms. The van der Waals surface area contributed by atoms with E-state index in [0.717, 1.165) is 51.3 Å². The second-order valence-electron chi connectivity index (χ2n) is 8.60. The van der Waals surface area contributed by atoms with Gasteiger partial charge in [0.1, 0.15) is 19.2 Å². The fourth-order valence-corrected chi connectivity index (χ4v) is 3.94. The molecular formula is C20H30BNO3. The first-order valence-electron chi connectivity index (χ1n) is 9.46. The van der Waals surface area contributed by atoms with Gasteiger partial charge in [-0.25, -0.2) is 0 Å². The van der Waals surface area contributed by atoms with E-state index in [0.29, 0.717) is 6.42 Å². The molecular weight excluding hydrogens is 313 g/mol. The third kappa shape index (κ3) is 4.38. The largest absolute Gasteiger partial charge is 0.492 e. The van der Waals surface area contributed by atoms with Crippen molar-refractivity contribution in [2.24, 2.45) is 0 Å². The Balaban J connectivity index is 1.47. The van der Waals surface area contributed by atoms with Crippen molar-refractivity contribution in [1.82, 2.24) is 4.90 Å². The summed E-state index contributed by atoms with van der Waals surface area (Å²) in [4.78, 5) is 14.3. The van der Waals surface area contributed by atoms with Crippen LogP contribution < -0.4 is 10.2 Å². The highest BCUT2D eigenvalue weighted by Gasteiger charge is 2.42. The highest BCUT2D eigenvalue weighted by Crippen LogP contribution is 2.44. The lowest BCUT2D eigenvalue weighted by molar-refractivity contribution is -0.155. The van der Waals surface area contributed by atoms with E-state index in [1.807, 2.05) is 20.8 Å². The minimum atomic E-state index is -0.386. The van der Waals surface area contributed by atoms with E-state index in [9.17, 15) is 4.79 Å². The van der Waals surface area contributed by atoms with Crippen molar-refractivity contribution in [1.29, 1.82) is 0 Å². The van der Waals surface area contributed by atoms with E-state index >= 15 is 0 Å². The molecule has 0 saturated carbocycles. The van der Waals surface area contributed by atoms with Crippen molar-refractivity contribution in [3.05, 3.63) is 23.8 Å². The van der Waals surface area contributed by atoms with Crippen molar-refractivity contribution >= 4 is 19.3 Å². The van der Waals surface area contributed by atoms with Gasteiger partial charge in [0.15, 0.2) is 0 Å². The molecule has 2 aliphatic heterocycles. The van der Waals surface area contributed by atoms with Crippen molar-refractivity contribution in [3.8, 4) is 5.75 Å². The average Bonchev–Trinajstić information content (AvgIpc) is 2.85. The van der Waals surface area contributed by atoms with Gasteiger partial charge in [0.25, 0.3) is 0 Å². The van der Waals surface area contributed by atoms with Crippen LogP contribution in [0.4, 0.5) is 0 Å². The number of carbonyl (C=O) groups excluding carboxylic acids is 1. The Morgan fingerprint density at radius 2 is 2.04 bits per heavy atom. The lowest BCUT2D eigenvalue weighted by atomic mass is 9.74. The molecule has 0 unspecified atom stereocenters. The zero-order valence-corrected chi connectivity index (χ0v) is 16.1. The third-order valence-electron chi connectivity index (χ3n) is 5.30. The molecule has 2 aliphatic rings. The van der Waals surface area contributed by atoms with Crippen LogP contribution in [-0.4, -0.2) is 50.6 Å². The fraction of sp³-hybridized carbons (Fsp3) is 0.650. The monoisotopic (exact) mass is 343 g/mol. The summed E-state index contributed by atoms with van der Waals surface area (Å²) in [5, 5.41) is 0. The van der Waals surface area contributed by atoms with Crippen molar-refractivity contribution in [2.75, 3.05) is 26.2 Å². The average molecular weight is 343 g/mol. The van der Waals surface area contributed by atoms with E-state index < -0.39 is 0 Å². The van der Waals surface area contributed by atoms with Gasteiger partial charge in [0.2, 0.25) is 0 Å².